The van der Waals surface area contributed by atoms with E-state index in [1.807, 2.05) is 0 Å². The van der Waals surface area contributed by atoms with E-state index in [9.17, 15) is 9.18 Å². The number of aliphatic carboxylic acids is 1. The van der Waals surface area contributed by atoms with Crippen LogP contribution in [0.25, 0.3) is 6.08 Å². The Balaban J connectivity index is 1.75. The van der Waals surface area contributed by atoms with E-state index in [0.717, 1.165) is 6.08 Å². The summed E-state index contributed by atoms with van der Waals surface area (Å²) in [5.74, 6) is -0.0349. The summed E-state index contributed by atoms with van der Waals surface area (Å²) in [6, 6.07) is 9.32. The highest BCUT2D eigenvalue weighted by Gasteiger charge is 1.97. The highest BCUT2D eigenvalue weighted by atomic mass is 19.1. The largest absolute Gasteiger partial charge is 0.492 e. The van der Waals surface area contributed by atoms with Gasteiger partial charge in [0, 0.05) is 12.3 Å². The van der Waals surface area contributed by atoms with Crippen molar-refractivity contribution in [3.63, 3.8) is 0 Å². The molecular weight excluding hydrogens is 287 g/mol. The minimum atomic E-state index is -1.000. The number of ether oxygens (including phenoxy) is 1. The number of anilines is 1. The average molecular weight is 302 g/mol. The number of hydrogen-bond acceptors (Lipinski definition) is 4. The molecule has 0 unspecified atom stereocenters. The third-order valence-electron chi connectivity index (χ3n) is 2.70. The molecule has 5 nitrogen and oxygen atoms in total. The van der Waals surface area contributed by atoms with Gasteiger partial charge in [0.15, 0.2) is 0 Å². The van der Waals surface area contributed by atoms with Crippen molar-refractivity contribution in [3.8, 4) is 5.75 Å². The monoisotopic (exact) mass is 302 g/mol. The van der Waals surface area contributed by atoms with Gasteiger partial charge in [0.05, 0.1) is 6.54 Å². The summed E-state index contributed by atoms with van der Waals surface area (Å²) < 4.78 is 18.2. The molecule has 0 bridgehead atoms. The molecule has 6 heteroatoms. The molecule has 0 atom stereocenters. The van der Waals surface area contributed by atoms with Crippen LogP contribution in [-0.4, -0.2) is 29.2 Å². The highest BCUT2D eigenvalue weighted by Crippen LogP contribution is 2.11. The Bertz CT molecular complexity index is 639. The Kier molecular flexibility index (Phi) is 5.48. The van der Waals surface area contributed by atoms with E-state index in [2.05, 4.69) is 10.3 Å². The van der Waals surface area contributed by atoms with Gasteiger partial charge in [-0.25, -0.2) is 14.2 Å². The molecule has 2 rings (SSSR count). The van der Waals surface area contributed by atoms with Gasteiger partial charge in [-0.05, 0) is 48.0 Å². The third-order valence-corrected chi connectivity index (χ3v) is 2.70. The van der Waals surface area contributed by atoms with E-state index in [1.54, 1.807) is 30.5 Å². The van der Waals surface area contributed by atoms with E-state index < -0.39 is 5.97 Å². The van der Waals surface area contributed by atoms with Gasteiger partial charge in [-0.2, -0.15) is 0 Å². The van der Waals surface area contributed by atoms with Gasteiger partial charge in [-0.1, -0.05) is 0 Å². The van der Waals surface area contributed by atoms with Crippen LogP contribution in [0.15, 0.2) is 48.7 Å². The topological polar surface area (TPSA) is 71.5 Å². The molecule has 0 saturated heterocycles. The van der Waals surface area contributed by atoms with Gasteiger partial charge in [0.25, 0.3) is 0 Å². The van der Waals surface area contributed by atoms with Crippen molar-refractivity contribution in [2.75, 3.05) is 18.5 Å². The molecule has 2 N–H and O–H groups in total. The van der Waals surface area contributed by atoms with Crippen molar-refractivity contribution in [2.24, 2.45) is 0 Å². The number of aromatic nitrogens is 1. The standard InChI is InChI=1S/C16H15FN2O3/c17-13-3-5-14(6-4-13)22-10-9-18-15-7-1-12(11-19-15)2-8-16(20)21/h1-8,11H,9-10H2,(H,18,19)(H,20,21). The molecule has 0 fully saturated rings. The van der Waals surface area contributed by atoms with Crippen molar-refractivity contribution < 1.29 is 19.0 Å². The molecule has 1 heterocycles. The highest BCUT2D eigenvalue weighted by molar-refractivity contribution is 5.85. The lowest BCUT2D eigenvalue weighted by atomic mass is 10.2. The summed E-state index contributed by atoms with van der Waals surface area (Å²) in [6.07, 6.45) is 4.10. The number of halogens is 1. The lowest BCUT2D eigenvalue weighted by Crippen LogP contribution is -2.12. The number of pyridine rings is 1. The van der Waals surface area contributed by atoms with Crippen molar-refractivity contribution in [2.45, 2.75) is 0 Å². The Morgan fingerprint density at radius 1 is 1.27 bits per heavy atom. The number of carboxylic acids is 1. The molecule has 0 aliphatic heterocycles. The smallest absolute Gasteiger partial charge is 0.328 e. The SMILES string of the molecule is O=C(O)C=Cc1ccc(NCCOc2ccc(F)cc2)nc1. The summed E-state index contributed by atoms with van der Waals surface area (Å²) >= 11 is 0. The minimum Gasteiger partial charge on any atom is -0.492 e. The fourth-order valence-electron chi connectivity index (χ4n) is 1.65. The van der Waals surface area contributed by atoms with Crippen molar-refractivity contribution in [1.29, 1.82) is 0 Å². The molecule has 2 aromatic rings. The first-order valence-corrected chi connectivity index (χ1v) is 6.63. The maximum absolute atomic E-state index is 12.7. The summed E-state index contributed by atoms with van der Waals surface area (Å²) in [5.41, 5.74) is 0.704. The maximum Gasteiger partial charge on any atom is 0.328 e. The molecule has 0 amide bonds. The first kappa shape index (κ1) is 15.5. The second-order valence-corrected chi connectivity index (χ2v) is 4.38. The Morgan fingerprint density at radius 2 is 2.05 bits per heavy atom. The second-order valence-electron chi connectivity index (χ2n) is 4.38. The first-order valence-electron chi connectivity index (χ1n) is 6.63. The van der Waals surface area contributed by atoms with E-state index in [-0.39, 0.29) is 5.82 Å². The zero-order chi connectivity index (χ0) is 15.8. The first-order chi connectivity index (χ1) is 10.6. The molecule has 1 aromatic carbocycles. The molecular formula is C16H15FN2O3. The van der Waals surface area contributed by atoms with E-state index in [0.29, 0.717) is 30.3 Å². The fourth-order valence-corrected chi connectivity index (χ4v) is 1.65. The van der Waals surface area contributed by atoms with Crippen LogP contribution in [0.1, 0.15) is 5.56 Å². The number of carbonyl (C=O) groups is 1. The molecule has 0 aliphatic rings. The zero-order valence-corrected chi connectivity index (χ0v) is 11.7. The quantitative estimate of drug-likeness (QED) is 0.608. The van der Waals surface area contributed by atoms with Gasteiger partial charge in [0.2, 0.25) is 0 Å². The number of nitrogens with one attached hydrogen (secondary N) is 1. The minimum absolute atomic E-state index is 0.299. The summed E-state index contributed by atoms with van der Waals surface area (Å²) in [6.45, 7) is 0.947. The second kappa shape index (κ2) is 7.78. The van der Waals surface area contributed by atoms with Gasteiger partial charge >= 0.3 is 5.97 Å². The molecule has 0 aliphatic carbocycles. The van der Waals surface area contributed by atoms with Crippen LogP contribution in [0, 0.1) is 5.82 Å². The predicted molar refractivity (Wildman–Crippen MR) is 81.3 cm³/mol. The summed E-state index contributed by atoms with van der Waals surface area (Å²) in [5, 5.41) is 11.6. The Labute approximate surface area is 127 Å². The molecule has 114 valence electrons. The van der Waals surface area contributed by atoms with Crippen LogP contribution in [0.2, 0.25) is 0 Å². The van der Waals surface area contributed by atoms with Crippen LogP contribution in [0.4, 0.5) is 10.2 Å². The lowest BCUT2D eigenvalue weighted by molar-refractivity contribution is -0.131. The van der Waals surface area contributed by atoms with Crippen molar-refractivity contribution >= 4 is 17.9 Å². The normalized spacial score (nSPS) is 10.6. The molecule has 0 radical (unpaired) electrons. The zero-order valence-electron chi connectivity index (χ0n) is 11.7. The molecule has 0 saturated carbocycles. The van der Waals surface area contributed by atoms with Gasteiger partial charge < -0.3 is 15.2 Å². The van der Waals surface area contributed by atoms with Crippen LogP contribution in [-0.2, 0) is 4.79 Å². The van der Waals surface area contributed by atoms with Gasteiger partial charge in [-0.15, -0.1) is 0 Å². The molecule has 1 aromatic heterocycles. The van der Waals surface area contributed by atoms with Crippen LogP contribution >= 0.6 is 0 Å². The number of rotatable bonds is 7. The van der Waals surface area contributed by atoms with Crippen LogP contribution < -0.4 is 10.1 Å². The van der Waals surface area contributed by atoms with Crippen molar-refractivity contribution in [3.05, 3.63) is 60.1 Å². The summed E-state index contributed by atoms with van der Waals surface area (Å²) in [4.78, 5) is 14.5. The number of hydrogen-bond donors (Lipinski definition) is 2. The van der Waals surface area contributed by atoms with E-state index in [4.69, 9.17) is 9.84 Å². The van der Waals surface area contributed by atoms with Gasteiger partial charge in [-0.3, -0.25) is 0 Å². The molecule has 22 heavy (non-hydrogen) atoms. The summed E-state index contributed by atoms with van der Waals surface area (Å²) in [7, 11) is 0. The Hall–Kier alpha value is -2.89. The lowest BCUT2D eigenvalue weighted by Gasteiger charge is -2.08. The van der Waals surface area contributed by atoms with Crippen LogP contribution in [0.3, 0.4) is 0 Å². The maximum atomic E-state index is 12.7. The van der Waals surface area contributed by atoms with Gasteiger partial charge in [0.1, 0.15) is 24.0 Å². The fraction of sp³-hybridized carbons (Fsp3) is 0.125. The number of nitrogens with zero attached hydrogens (tertiary/aromatic N) is 1. The third kappa shape index (κ3) is 5.24. The Morgan fingerprint density at radius 3 is 2.68 bits per heavy atom. The average Bonchev–Trinajstić information content (AvgIpc) is 2.52. The number of benzene rings is 1. The van der Waals surface area contributed by atoms with Crippen LogP contribution in [0.5, 0.6) is 5.75 Å². The van der Waals surface area contributed by atoms with E-state index >= 15 is 0 Å². The number of carboxylic acid groups (broad SMARTS) is 1. The van der Waals surface area contributed by atoms with Crippen molar-refractivity contribution in [1.82, 2.24) is 4.98 Å². The van der Waals surface area contributed by atoms with E-state index in [1.165, 1.54) is 18.2 Å². The predicted octanol–water partition coefficient (Wildman–Crippen LogP) is 2.81. The molecule has 0 spiro atoms.